The second kappa shape index (κ2) is 8.31. The number of rotatable bonds is 6. The Kier molecular flexibility index (Phi) is 5.83. The fraction of sp³-hybridized carbons (Fsp3) is 0.211. The van der Waals surface area contributed by atoms with E-state index in [2.05, 4.69) is 20.6 Å². The third-order valence-electron chi connectivity index (χ3n) is 4.23. The minimum Gasteiger partial charge on any atom is -0.394 e. The van der Waals surface area contributed by atoms with Crippen molar-refractivity contribution >= 4 is 22.8 Å². The van der Waals surface area contributed by atoms with Gasteiger partial charge in [0.1, 0.15) is 6.04 Å². The number of imidazole rings is 1. The second-order valence-electron chi connectivity index (χ2n) is 6.26. The van der Waals surface area contributed by atoms with Crippen LogP contribution in [0, 0.1) is 0 Å². The Bertz CT molecular complexity index is 1020. The molecule has 0 bridgehead atoms. The zero-order chi connectivity index (χ0) is 21.0. The van der Waals surface area contributed by atoms with Gasteiger partial charge in [0.2, 0.25) is 5.91 Å². The highest BCUT2D eigenvalue weighted by atomic mass is 19.4. The van der Waals surface area contributed by atoms with Gasteiger partial charge in [-0.15, -0.1) is 0 Å². The molecule has 7 nitrogen and oxygen atoms in total. The van der Waals surface area contributed by atoms with Crippen LogP contribution < -0.4 is 10.6 Å². The number of aromatic nitrogens is 2. The number of H-pyrrole nitrogens is 1. The molecule has 1 atom stereocenters. The number of carbonyl (C=O) groups is 2. The van der Waals surface area contributed by atoms with Crippen LogP contribution in [-0.2, 0) is 17.5 Å². The van der Waals surface area contributed by atoms with E-state index in [1.165, 1.54) is 24.5 Å². The highest BCUT2D eigenvalue weighted by Crippen LogP contribution is 2.29. The van der Waals surface area contributed by atoms with Gasteiger partial charge in [0, 0.05) is 12.1 Å². The first-order chi connectivity index (χ1) is 13.8. The molecule has 0 fully saturated rings. The smallest absolute Gasteiger partial charge is 0.394 e. The standard InChI is InChI=1S/C19H17F3N4O3/c20-19(21,22)13-4-1-11(2-5-13)8-23-18(29)16(9-27)26-17(28)12-3-6-14-15(7-12)25-10-24-14/h1-7,10,16,27H,8-9H2,(H,23,29)(H,24,25)(H,26,28). The van der Waals surface area contributed by atoms with Gasteiger partial charge in [-0.25, -0.2) is 4.98 Å². The molecule has 3 rings (SSSR count). The lowest BCUT2D eigenvalue weighted by Gasteiger charge is -2.16. The van der Waals surface area contributed by atoms with E-state index < -0.39 is 36.2 Å². The lowest BCUT2D eigenvalue weighted by Crippen LogP contribution is -2.48. The molecule has 0 saturated heterocycles. The number of benzene rings is 2. The highest BCUT2D eigenvalue weighted by Gasteiger charge is 2.30. The summed E-state index contributed by atoms with van der Waals surface area (Å²) in [5.74, 6) is -1.23. The molecule has 0 aliphatic carbocycles. The molecule has 0 saturated carbocycles. The van der Waals surface area contributed by atoms with Crippen LogP contribution >= 0.6 is 0 Å². The third kappa shape index (κ3) is 4.91. The topological polar surface area (TPSA) is 107 Å². The van der Waals surface area contributed by atoms with Gasteiger partial charge in [0.25, 0.3) is 5.91 Å². The van der Waals surface area contributed by atoms with Crippen molar-refractivity contribution in [1.29, 1.82) is 0 Å². The molecule has 0 spiro atoms. The average Bonchev–Trinajstić information content (AvgIpc) is 3.17. The Morgan fingerprint density at radius 3 is 2.52 bits per heavy atom. The van der Waals surface area contributed by atoms with E-state index in [0.717, 1.165) is 12.1 Å². The van der Waals surface area contributed by atoms with Crippen molar-refractivity contribution in [3.05, 3.63) is 65.5 Å². The molecule has 0 aliphatic heterocycles. The number of alkyl halides is 3. The number of amides is 2. The molecule has 2 amide bonds. The number of nitrogens with zero attached hydrogens (tertiary/aromatic N) is 1. The number of hydrogen-bond acceptors (Lipinski definition) is 4. The van der Waals surface area contributed by atoms with Gasteiger partial charge in [0.05, 0.1) is 29.5 Å². The minimum absolute atomic E-state index is 0.0521. The summed E-state index contributed by atoms with van der Waals surface area (Å²) in [6.07, 6.45) is -2.95. The Balaban J connectivity index is 1.59. The Morgan fingerprint density at radius 1 is 1.14 bits per heavy atom. The molecule has 2 aromatic carbocycles. The van der Waals surface area contributed by atoms with Crippen LogP contribution in [0.2, 0.25) is 0 Å². The number of aromatic amines is 1. The first-order valence-corrected chi connectivity index (χ1v) is 8.56. The van der Waals surface area contributed by atoms with E-state index in [4.69, 9.17) is 0 Å². The Labute approximate surface area is 163 Å². The molecule has 152 valence electrons. The summed E-state index contributed by atoms with van der Waals surface area (Å²) in [7, 11) is 0. The molecule has 1 heterocycles. The van der Waals surface area contributed by atoms with E-state index in [1.54, 1.807) is 12.1 Å². The summed E-state index contributed by atoms with van der Waals surface area (Å²) in [4.78, 5) is 31.5. The highest BCUT2D eigenvalue weighted by molar-refractivity contribution is 5.99. The van der Waals surface area contributed by atoms with Crippen LogP contribution in [0.3, 0.4) is 0 Å². The minimum atomic E-state index is -4.44. The summed E-state index contributed by atoms with van der Waals surface area (Å²) in [6, 6.07) is 7.84. The fourth-order valence-electron chi connectivity index (χ4n) is 2.64. The molecule has 0 radical (unpaired) electrons. The first kappa shape index (κ1) is 20.3. The summed E-state index contributed by atoms with van der Waals surface area (Å²) in [5, 5.41) is 14.3. The van der Waals surface area contributed by atoms with Gasteiger partial charge in [-0.2, -0.15) is 13.2 Å². The number of hydrogen-bond donors (Lipinski definition) is 4. The van der Waals surface area contributed by atoms with E-state index >= 15 is 0 Å². The molecule has 1 unspecified atom stereocenters. The third-order valence-corrected chi connectivity index (χ3v) is 4.23. The van der Waals surface area contributed by atoms with E-state index in [1.807, 2.05) is 0 Å². The van der Waals surface area contributed by atoms with E-state index in [9.17, 15) is 27.9 Å². The van der Waals surface area contributed by atoms with Crippen molar-refractivity contribution in [3.8, 4) is 0 Å². The van der Waals surface area contributed by atoms with Crippen molar-refractivity contribution < 1.29 is 27.9 Å². The molecule has 4 N–H and O–H groups in total. The SMILES string of the molecule is O=C(NC(CO)C(=O)NCc1ccc(C(F)(F)F)cc1)c1ccc2nc[nH]c2c1. The largest absolute Gasteiger partial charge is 0.416 e. The molecule has 3 aromatic rings. The number of carbonyl (C=O) groups excluding carboxylic acids is 2. The van der Waals surface area contributed by atoms with Crippen LogP contribution in [0.25, 0.3) is 11.0 Å². The van der Waals surface area contributed by atoms with Crippen LogP contribution in [-0.4, -0.2) is 39.5 Å². The summed E-state index contributed by atoms with van der Waals surface area (Å²) in [6.45, 7) is -0.694. The quantitative estimate of drug-likeness (QED) is 0.502. The molecule has 10 heteroatoms. The molecular weight excluding hydrogens is 389 g/mol. The fourth-order valence-corrected chi connectivity index (χ4v) is 2.64. The van der Waals surface area contributed by atoms with Gasteiger partial charge >= 0.3 is 6.18 Å². The van der Waals surface area contributed by atoms with Gasteiger partial charge in [-0.05, 0) is 35.9 Å². The number of fused-ring (bicyclic) bond motifs is 1. The summed E-state index contributed by atoms with van der Waals surface area (Å²) < 4.78 is 37.7. The van der Waals surface area contributed by atoms with Crippen LogP contribution in [0.1, 0.15) is 21.5 Å². The van der Waals surface area contributed by atoms with Crippen LogP contribution in [0.5, 0.6) is 0 Å². The maximum Gasteiger partial charge on any atom is 0.416 e. The average molecular weight is 406 g/mol. The molecule has 29 heavy (non-hydrogen) atoms. The maximum absolute atomic E-state index is 12.6. The van der Waals surface area contributed by atoms with Crippen molar-refractivity contribution in [1.82, 2.24) is 20.6 Å². The predicted molar refractivity (Wildman–Crippen MR) is 97.7 cm³/mol. The normalized spacial score (nSPS) is 12.6. The van der Waals surface area contributed by atoms with Crippen molar-refractivity contribution in [2.24, 2.45) is 0 Å². The van der Waals surface area contributed by atoms with E-state index in [0.29, 0.717) is 16.6 Å². The van der Waals surface area contributed by atoms with Crippen molar-refractivity contribution in [3.63, 3.8) is 0 Å². The van der Waals surface area contributed by atoms with Gasteiger partial charge in [-0.3, -0.25) is 9.59 Å². The lowest BCUT2D eigenvalue weighted by molar-refractivity contribution is -0.137. The van der Waals surface area contributed by atoms with Gasteiger partial charge in [-0.1, -0.05) is 12.1 Å². The number of halogens is 3. The molecule has 1 aromatic heterocycles. The summed E-state index contributed by atoms with van der Waals surface area (Å²) in [5.41, 5.74) is 1.25. The number of nitrogens with one attached hydrogen (secondary N) is 3. The van der Waals surface area contributed by atoms with Crippen molar-refractivity contribution in [2.45, 2.75) is 18.8 Å². The van der Waals surface area contributed by atoms with E-state index in [-0.39, 0.29) is 12.1 Å². The number of aliphatic hydroxyl groups is 1. The van der Waals surface area contributed by atoms with Crippen LogP contribution in [0.4, 0.5) is 13.2 Å². The lowest BCUT2D eigenvalue weighted by atomic mass is 10.1. The zero-order valence-corrected chi connectivity index (χ0v) is 15.0. The van der Waals surface area contributed by atoms with Crippen molar-refractivity contribution in [2.75, 3.05) is 6.61 Å². The Hall–Kier alpha value is -3.40. The van der Waals surface area contributed by atoms with Crippen LogP contribution in [0.15, 0.2) is 48.8 Å². The Morgan fingerprint density at radius 2 is 1.86 bits per heavy atom. The molecular formula is C19H17F3N4O3. The second-order valence-corrected chi connectivity index (χ2v) is 6.26. The van der Waals surface area contributed by atoms with Gasteiger partial charge in [0.15, 0.2) is 0 Å². The zero-order valence-electron chi connectivity index (χ0n) is 15.0. The number of aliphatic hydroxyl groups excluding tert-OH is 1. The summed E-state index contributed by atoms with van der Waals surface area (Å²) >= 11 is 0. The van der Waals surface area contributed by atoms with Gasteiger partial charge < -0.3 is 20.7 Å². The monoisotopic (exact) mass is 406 g/mol. The first-order valence-electron chi connectivity index (χ1n) is 8.56. The predicted octanol–water partition coefficient (Wildman–Crippen LogP) is 1.99. The maximum atomic E-state index is 12.6. The molecule has 0 aliphatic rings.